The first-order valence-corrected chi connectivity index (χ1v) is 6.64. The average Bonchev–Trinajstić information content (AvgIpc) is 2.32. The van der Waals surface area contributed by atoms with Gasteiger partial charge >= 0.3 is 0 Å². The van der Waals surface area contributed by atoms with Crippen LogP contribution in [0.2, 0.25) is 0 Å². The van der Waals surface area contributed by atoms with Crippen LogP contribution >= 0.6 is 33.5 Å². The van der Waals surface area contributed by atoms with Crippen LogP contribution in [0.3, 0.4) is 0 Å². The van der Waals surface area contributed by atoms with Crippen molar-refractivity contribution >= 4 is 44.2 Å². The Balaban J connectivity index is 2.64. The van der Waals surface area contributed by atoms with Crippen LogP contribution < -0.4 is 0 Å². The normalized spacial score (nSPS) is 23.6. The number of fused-ring (bicyclic) bond motifs is 1. The Kier molecular flexibility index (Phi) is 2.16. The minimum Gasteiger partial charge on any atom is -0.246 e. The third-order valence-corrected chi connectivity index (χ3v) is 5.11. The first-order valence-electron chi connectivity index (χ1n) is 3.77. The summed E-state index contributed by atoms with van der Waals surface area (Å²) < 4.78 is 1.27. The largest absolute Gasteiger partial charge is 0.246 e. The summed E-state index contributed by atoms with van der Waals surface area (Å²) in [5.41, 5.74) is 1.21. The Labute approximate surface area is 88.8 Å². The van der Waals surface area contributed by atoms with Crippen molar-refractivity contribution in [2.75, 3.05) is 6.26 Å². The zero-order valence-electron chi connectivity index (χ0n) is 7.00. The monoisotopic (exact) mass is 291 g/mol. The number of aliphatic imine (C=N–C) groups is 1. The van der Waals surface area contributed by atoms with Gasteiger partial charge in [-0.15, -0.1) is 0 Å². The van der Waals surface area contributed by atoms with E-state index in [-0.39, 0.29) is 10.9 Å². The molecule has 1 atom stereocenters. The number of benzene rings is 1. The Morgan fingerprint density at radius 3 is 2.83 bits per heavy atom. The van der Waals surface area contributed by atoms with Gasteiger partial charge < -0.3 is 0 Å². The summed E-state index contributed by atoms with van der Waals surface area (Å²) in [6.45, 7) is 2.13. The van der Waals surface area contributed by atoms with Crippen LogP contribution in [0.4, 0.5) is 5.69 Å². The molecule has 64 valence electrons. The average molecular weight is 291 g/mol. The van der Waals surface area contributed by atoms with Gasteiger partial charge in [-0.3, -0.25) is 0 Å². The van der Waals surface area contributed by atoms with E-state index in [0.29, 0.717) is 0 Å². The van der Waals surface area contributed by atoms with E-state index in [0.717, 1.165) is 0 Å². The smallest absolute Gasteiger partial charge is 0.0893 e. The van der Waals surface area contributed by atoms with Crippen LogP contribution in [0.5, 0.6) is 0 Å². The Bertz CT molecular complexity index is 360. The number of halogens is 1. The molecule has 0 fully saturated rings. The van der Waals surface area contributed by atoms with Crippen molar-refractivity contribution in [2.45, 2.75) is 11.8 Å². The molecule has 1 aromatic carbocycles. The molecule has 0 aliphatic carbocycles. The number of thiol groups is 1. The van der Waals surface area contributed by atoms with E-state index >= 15 is 0 Å². The fourth-order valence-corrected chi connectivity index (χ4v) is 3.52. The molecule has 2 rings (SSSR count). The third kappa shape index (κ3) is 1.19. The van der Waals surface area contributed by atoms with Gasteiger partial charge in [0.2, 0.25) is 0 Å². The summed E-state index contributed by atoms with van der Waals surface area (Å²) in [6, 6.07) is 6.43. The van der Waals surface area contributed by atoms with Crippen molar-refractivity contribution in [3.05, 3.63) is 21.8 Å². The maximum atomic E-state index is 4.57. The van der Waals surface area contributed by atoms with Crippen molar-refractivity contribution in [1.29, 1.82) is 0 Å². The highest BCUT2D eigenvalue weighted by Crippen LogP contribution is 2.48. The maximum absolute atomic E-state index is 4.57. The Morgan fingerprint density at radius 2 is 2.17 bits per heavy atom. The zero-order valence-corrected chi connectivity index (χ0v) is 10.1. The predicted molar refractivity (Wildman–Crippen MR) is 65.1 cm³/mol. The zero-order chi connectivity index (χ0) is 8.72. The van der Waals surface area contributed by atoms with E-state index in [9.17, 15) is 0 Å². The Hall–Kier alpha value is -0.0300. The standard InChI is InChI=1S/C9H10INS/c1-6-11-9-7(10)4-3-5-8(9)12(6)2/h3-5,12H,1-2H3. The van der Waals surface area contributed by atoms with Gasteiger partial charge in [0, 0.05) is 8.47 Å². The van der Waals surface area contributed by atoms with Crippen LogP contribution in [-0.2, 0) is 0 Å². The van der Waals surface area contributed by atoms with Gasteiger partial charge in [-0.05, 0) is 47.9 Å². The van der Waals surface area contributed by atoms with Crippen LogP contribution in [0, 0.1) is 3.57 Å². The SMILES string of the molecule is CC1=Nc2c(I)cccc2[SH]1C. The molecule has 0 saturated carbocycles. The molecule has 1 aliphatic rings. The molecular formula is C9H10INS. The molecule has 1 unspecified atom stereocenters. The fraction of sp³-hybridized carbons (Fsp3) is 0.222. The molecule has 3 heteroatoms. The van der Waals surface area contributed by atoms with E-state index < -0.39 is 0 Å². The molecule has 0 aromatic heterocycles. The molecule has 1 nitrogen and oxygen atoms in total. The predicted octanol–water partition coefficient (Wildman–Crippen LogP) is 3.34. The first-order chi connectivity index (χ1) is 5.70. The van der Waals surface area contributed by atoms with Crippen LogP contribution in [0.1, 0.15) is 6.92 Å². The number of nitrogens with zero attached hydrogens (tertiary/aromatic N) is 1. The van der Waals surface area contributed by atoms with Crippen LogP contribution in [0.15, 0.2) is 28.1 Å². The molecule has 0 bridgehead atoms. The van der Waals surface area contributed by atoms with Crippen molar-refractivity contribution in [2.24, 2.45) is 4.99 Å². The van der Waals surface area contributed by atoms with Crippen LogP contribution in [0.25, 0.3) is 0 Å². The number of rotatable bonds is 0. The van der Waals surface area contributed by atoms with Gasteiger partial charge in [0.15, 0.2) is 0 Å². The highest BCUT2D eigenvalue weighted by Gasteiger charge is 2.18. The molecule has 0 amide bonds. The maximum Gasteiger partial charge on any atom is 0.0893 e. The lowest BCUT2D eigenvalue weighted by molar-refractivity contribution is 1.37. The molecule has 1 heterocycles. The number of hydrogen-bond donors (Lipinski definition) is 1. The molecule has 12 heavy (non-hydrogen) atoms. The lowest BCUT2D eigenvalue weighted by Gasteiger charge is -2.09. The van der Waals surface area contributed by atoms with E-state index in [2.05, 4.69) is 59.0 Å². The summed E-state index contributed by atoms with van der Waals surface area (Å²) in [4.78, 5) is 6.01. The number of para-hydroxylation sites is 1. The fourth-order valence-electron chi connectivity index (χ4n) is 1.30. The van der Waals surface area contributed by atoms with E-state index in [1.165, 1.54) is 19.2 Å². The van der Waals surface area contributed by atoms with Gasteiger partial charge in [0.25, 0.3) is 0 Å². The lowest BCUT2D eigenvalue weighted by Crippen LogP contribution is -1.84. The van der Waals surface area contributed by atoms with Gasteiger partial charge in [0.05, 0.1) is 10.7 Å². The second kappa shape index (κ2) is 3.03. The Morgan fingerprint density at radius 1 is 1.42 bits per heavy atom. The molecule has 0 N–H and O–H groups in total. The summed E-state index contributed by atoms with van der Waals surface area (Å²) in [5.74, 6) is 0. The first kappa shape index (κ1) is 8.56. The molecule has 1 aromatic rings. The molecule has 0 spiro atoms. The lowest BCUT2D eigenvalue weighted by atomic mass is 10.3. The number of hydrogen-bond acceptors (Lipinski definition) is 1. The molecule has 0 radical (unpaired) electrons. The van der Waals surface area contributed by atoms with Gasteiger partial charge in [-0.2, -0.15) is 10.9 Å². The minimum atomic E-state index is -0.113. The highest BCUT2D eigenvalue weighted by atomic mass is 127. The van der Waals surface area contributed by atoms with Gasteiger partial charge in [0.1, 0.15) is 0 Å². The summed E-state index contributed by atoms with van der Waals surface area (Å²) in [7, 11) is -0.113. The van der Waals surface area contributed by atoms with Gasteiger partial charge in [-0.1, -0.05) is 6.07 Å². The van der Waals surface area contributed by atoms with Crippen molar-refractivity contribution in [1.82, 2.24) is 0 Å². The van der Waals surface area contributed by atoms with E-state index in [1.54, 1.807) is 0 Å². The summed E-state index contributed by atoms with van der Waals surface area (Å²) in [6.07, 6.45) is 2.27. The topological polar surface area (TPSA) is 12.4 Å². The van der Waals surface area contributed by atoms with Crippen LogP contribution in [-0.4, -0.2) is 11.3 Å². The minimum absolute atomic E-state index is 0.113. The highest BCUT2D eigenvalue weighted by molar-refractivity contribution is 14.1. The summed E-state index contributed by atoms with van der Waals surface area (Å²) in [5, 5.41) is 1.30. The van der Waals surface area contributed by atoms with E-state index in [1.807, 2.05) is 0 Å². The third-order valence-electron chi connectivity index (χ3n) is 2.09. The van der Waals surface area contributed by atoms with E-state index in [4.69, 9.17) is 0 Å². The second-order valence-electron chi connectivity index (χ2n) is 2.83. The molecule has 1 aliphatic heterocycles. The van der Waals surface area contributed by atoms with Crippen molar-refractivity contribution in [3.8, 4) is 0 Å². The summed E-state index contributed by atoms with van der Waals surface area (Å²) >= 11 is 2.35. The second-order valence-corrected chi connectivity index (χ2v) is 6.23. The quantitative estimate of drug-likeness (QED) is 0.556. The molecular weight excluding hydrogens is 281 g/mol. The van der Waals surface area contributed by atoms with Crippen molar-refractivity contribution in [3.63, 3.8) is 0 Å². The van der Waals surface area contributed by atoms with Gasteiger partial charge in [-0.25, -0.2) is 4.99 Å². The van der Waals surface area contributed by atoms with Crippen molar-refractivity contribution < 1.29 is 0 Å². The molecule has 0 saturated heterocycles.